The van der Waals surface area contributed by atoms with Gasteiger partial charge in [-0.05, 0) is 31.7 Å². The molecule has 2 heterocycles. The first-order valence-corrected chi connectivity index (χ1v) is 9.00. The molecule has 1 aliphatic rings. The second-order valence-electron chi connectivity index (χ2n) is 6.33. The molecule has 1 aliphatic carbocycles. The van der Waals surface area contributed by atoms with E-state index in [1.807, 2.05) is 0 Å². The molecule has 0 unspecified atom stereocenters. The molecule has 0 atom stereocenters. The molecule has 1 saturated carbocycles. The van der Waals surface area contributed by atoms with Gasteiger partial charge in [0.15, 0.2) is 10.8 Å². The van der Waals surface area contributed by atoms with Crippen molar-refractivity contribution < 1.29 is 0 Å². The van der Waals surface area contributed by atoms with Crippen molar-refractivity contribution in [1.82, 2.24) is 14.7 Å². The van der Waals surface area contributed by atoms with Crippen molar-refractivity contribution >= 4 is 22.1 Å². The summed E-state index contributed by atoms with van der Waals surface area (Å²) in [6.45, 7) is 9.78. The van der Waals surface area contributed by atoms with Crippen molar-refractivity contribution in [3.63, 3.8) is 0 Å². The van der Waals surface area contributed by atoms with Gasteiger partial charge in [0.2, 0.25) is 0 Å². The van der Waals surface area contributed by atoms with Gasteiger partial charge in [0.05, 0.1) is 5.69 Å². The third-order valence-corrected chi connectivity index (χ3v) is 4.85. The molecule has 21 heavy (non-hydrogen) atoms. The number of aromatic nitrogens is 2. The first-order chi connectivity index (χ1) is 10.2. The molecule has 0 radical (unpaired) electrons. The first kappa shape index (κ1) is 14.9. The SMILES string of the molecule is CCNCc1c(N(CCC(C)C)C2CC2)nc2sccn12. The van der Waals surface area contributed by atoms with E-state index in [0.717, 1.165) is 30.5 Å². The fourth-order valence-electron chi connectivity index (χ4n) is 2.70. The van der Waals surface area contributed by atoms with Crippen LogP contribution in [0.2, 0.25) is 0 Å². The standard InChI is InChI=1S/C16H26N4S/c1-4-17-11-14-15(18-16-20(14)9-10-21-16)19(13-5-6-13)8-7-12(2)3/h9-10,12-13,17H,4-8,11H2,1-3H3. The summed E-state index contributed by atoms with van der Waals surface area (Å²) in [6.07, 6.45) is 6.03. The second-order valence-corrected chi connectivity index (χ2v) is 7.20. The average Bonchev–Trinajstić information content (AvgIpc) is 3.08. The van der Waals surface area contributed by atoms with E-state index in [4.69, 9.17) is 4.98 Å². The summed E-state index contributed by atoms with van der Waals surface area (Å²) < 4.78 is 2.26. The van der Waals surface area contributed by atoms with Gasteiger partial charge in [0.25, 0.3) is 0 Å². The summed E-state index contributed by atoms with van der Waals surface area (Å²) in [5.41, 5.74) is 1.32. The van der Waals surface area contributed by atoms with Crippen molar-refractivity contribution in [1.29, 1.82) is 0 Å². The maximum Gasteiger partial charge on any atom is 0.195 e. The normalized spacial score (nSPS) is 15.2. The molecule has 5 heteroatoms. The summed E-state index contributed by atoms with van der Waals surface area (Å²) >= 11 is 1.73. The Morgan fingerprint density at radius 1 is 1.48 bits per heavy atom. The third kappa shape index (κ3) is 3.24. The van der Waals surface area contributed by atoms with Crippen LogP contribution in [-0.2, 0) is 6.54 Å². The number of nitrogens with zero attached hydrogens (tertiary/aromatic N) is 3. The number of anilines is 1. The molecule has 0 aliphatic heterocycles. The Hall–Kier alpha value is -1.07. The van der Waals surface area contributed by atoms with Crippen LogP contribution in [-0.4, -0.2) is 28.5 Å². The number of rotatable bonds is 8. The van der Waals surface area contributed by atoms with Gasteiger partial charge in [0, 0.05) is 30.7 Å². The zero-order valence-electron chi connectivity index (χ0n) is 13.3. The van der Waals surface area contributed by atoms with Crippen LogP contribution in [0.1, 0.15) is 45.7 Å². The second kappa shape index (κ2) is 6.36. The highest BCUT2D eigenvalue weighted by Gasteiger charge is 2.32. The molecule has 2 aromatic rings. The smallest absolute Gasteiger partial charge is 0.195 e. The molecule has 4 nitrogen and oxygen atoms in total. The van der Waals surface area contributed by atoms with Crippen molar-refractivity contribution in [3.8, 4) is 0 Å². The van der Waals surface area contributed by atoms with E-state index in [2.05, 4.69) is 47.0 Å². The summed E-state index contributed by atoms with van der Waals surface area (Å²) in [7, 11) is 0. The summed E-state index contributed by atoms with van der Waals surface area (Å²) in [6, 6.07) is 0.716. The summed E-state index contributed by atoms with van der Waals surface area (Å²) in [4.78, 5) is 8.61. The van der Waals surface area contributed by atoms with Gasteiger partial charge < -0.3 is 10.2 Å². The van der Waals surface area contributed by atoms with Gasteiger partial charge >= 0.3 is 0 Å². The Balaban J connectivity index is 1.89. The molecule has 1 N–H and O–H groups in total. The quantitative estimate of drug-likeness (QED) is 0.810. The molecule has 0 amide bonds. The van der Waals surface area contributed by atoms with E-state index in [0.29, 0.717) is 6.04 Å². The van der Waals surface area contributed by atoms with E-state index in [1.165, 1.54) is 30.8 Å². The van der Waals surface area contributed by atoms with Gasteiger partial charge in [-0.25, -0.2) is 4.98 Å². The zero-order chi connectivity index (χ0) is 14.8. The lowest BCUT2D eigenvalue weighted by atomic mass is 10.1. The van der Waals surface area contributed by atoms with E-state index < -0.39 is 0 Å². The number of thiazole rings is 1. The van der Waals surface area contributed by atoms with Gasteiger partial charge in [-0.15, -0.1) is 11.3 Å². The largest absolute Gasteiger partial charge is 0.352 e. The van der Waals surface area contributed by atoms with Crippen LogP contribution in [0.4, 0.5) is 5.82 Å². The molecule has 0 aromatic carbocycles. The molecule has 0 spiro atoms. The molecule has 0 bridgehead atoms. The monoisotopic (exact) mass is 306 g/mol. The van der Waals surface area contributed by atoms with Gasteiger partial charge in [-0.3, -0.25) is 4.40 Å². The highest BCUT2D eigenvalue weighted by molar-refractivity contribution is 7.15. The fourth-order valence-corrected chi connectivity index (χ4v) is 3.43. The maximum atomic E-state index is 4.93. The number of imidazole rings is 1. The van der Waals surface area contributed by atoms with Crippen molar-refractivity contribution in [2.75, 3.05) is 18.0 Å². The minimum absolute atomic E-state index is 0.716. The lowest BCUT2D eigenvalue weighted by Crippen LogP contribution is -2.30. The fraction of sp³-hybridized carbons (Fsp3) is 0.688. The maximum absolute atomic E-state index is 4.93. The minimum Gasteiger partial charge on any atom is -0.352 e. The van der Waals surface area contributed by atoms with Crippen LogP contribution in [0.5, 0.6) is 0 Å². The van der Waals surface area contributed by atoms with Crippen molar-refractivity contribution in [3.05, 3.63) is 17.3 Å². The van der Waals surface area contributed by atoms with Gasteiger partial charge in [-0.1, -0.05) is 20.8 Å². The highest BCUT2D eigenvalue weighted by Crippen LogP contribution is 2.34. The molecule has 116 valence electrons. The van der Waals surface area contributed by atoms with E-state index in [-0.39, 0.29) is 0 Å². The molecular formula is C16H26N4S. The highest BCUT2D eigenvalue weighted by atomic mass is 32.1. The molecule has 2 aromatic heterocycles. The van der Waals surface area contributed by atoms with E-state index >= 15 is 0 Å². The number of nitrogens with one attached hydrogen (secondary N) is 1. The van der Waals surface area contributed by atoms with E-state index in [1.54, 1.807) is 11.3 Å². The van der Waals surface area contributed by atoms with Crippen LogP contribution >= 0.6 is 11.3 Å². The minimum atomic E-state index is 0.716. The summed E-state index contributed by atoms with van der Waals surface area (Å²) in [5.74, 6) is 1.96. The summed E-state index contributed by atoms with van der Waals surface area (Å²) in [5, 5.41) is 5.59. The van der Waals surface area contributed by atoms with Crippen molar-refractivity contribution in [2.24, 2.45) is 5.92 Å². The van der Waals surface area contributed by atoms with Crippen LogP contribution in [0.15, 0.2) is 11.6 Å². The topological polar surface area (TPSA) is 32.6 Å². The number of hydrogen-bond acceptors (Lipinski definition) is 4. The Morgan fingerprint density at radius 3 is 2.95 bits per heavy atom. The molecular weight excluding hydrogens is 280 g/mol. The number of fused-ring (bicyclic) bond motifs is 1. The Labute approximate surface area is 131 Å². The van der Waals surface area contributed by atoms with Crippen LogP contribution < -0.4 is 10.2 Å². The van der Waals surface area contributed by atoms with Crippen molar-refractivity contribution in [2.45, 2.75) is 52.6 Å². The zero-order valence-corrected chi connectivity index (χ0v) is 14.1. The Kier molecular flexibility index (Phi) is 4.50. The third-order valence-electron chi connectivity index (χ3n) is 4.09. The lowest BCUT2D eigenvalue weighted by molar-refractivity contribution is 0.567. The lowest BCUT2D eigenvalue weighted by Gasteiger charge is -2.24. The van der Waals surface area contributed by atoms with Gasteiger partial charge in [0.1, 0.15) is 0 Å². The Morgan fingerprint density at radius 2 is 2.29 bits per heavy atom. The van der Waals surface area contributed by atoms with Crippen LogP contribution in [0.25, 0.3) is 4.96 Å². The molecule has 0 saturated heterocycles. The number of hydrogen-bond donors (Lipinski definition) is 1. The average molecular weight is 306 g/mol. The van der Waals surface area contributed by atoms with Crippen LogP contribution in [0.3, 0.4) is 0 Å². The predicted octanol–water partition coefficient (Wildman–Crippen LogP) is 3.52. The Bertz CT molecular complexity index is 582. The van der Waals surface area contributed by atoms with Crippen LogP contribution in [0, 0.1) is 5.92 Å². The van der Waals surface area contributed by atoms with Gasteiger partial charge in [-0.2, -0.15) is 0 Å². The van der Waals surface area contributed by atoms with E-state index in [9.17, 15) is 0 Å². The first-order valence-electron chi connectivity index (χ1n) is 8.12. The molecule has 1 fully saturated rings. The molecule has 3 rings (SSSR count). The predicted molar refractivity (Wildman–Crippen MR) is 90.3 cm³/mol.